The predicted octanol–water partition coefficient (Wildman–Crippen LogP) is -0.148. The molecule has 1 saturated heterocycles. The normalized spacial score (nSPS) is 21.7. The highest BCUT2D eigenvalue weighted by Crippen LogP contribution is 2.18. The van der Waals surface area contributed by atoms with Crippen molar-refractivity contribution in [1.29, 1.82) is 0 Å². The zero-order valence-corrected chi connectivity index (χ0v) is 11.3. The van der Waals surface area contributed by atoms with Gasteiger partial charge in [-0.05, 0) is 32.2 Å². The molecule has 20 heavy (non-hydrogen) atoms. The number of aromatic nitrogens is 2. The molecule has 0 radical (unpaired) electrons. The topological polar surface area (TPSA) is 88.1 Å². The third-order valence-electron chi connectivity index (χ3n) is 3.53. The van der Waals surface area contributed by atoms with E-state index in [2.05, 4.69) is 21.0 Å². The van der Waals surface area contributed by atoms with Crippen LogP contribution in [-0.2, 0) is 16.1 Å². The van der Waals surface area contributed by atoms with Crippen molar-refractivity contribution in [3.05, 3.63) is 12.4 Å². The van der Waals surface area contributed by atoms with Crippen LogP contribution >= 0.6 is 0 Å². The highest BCUT2D eigenvalue weighted by atomic mass is 16.2. The Morgan fingerprint density at radius 3 is 2.95 bits per heavy atom. The van der Waals surface area contributed by atoms with E-state index in [9.17, 15) is 9.59 Å². The van der Waals surface area contributed by atoms with Gasteiger partial charge in [-0.1, -0.05) is 0 Å². The van der Waals surface area contributed by atoms with Crippen LogP contribution in [-0.4, -0.2) is 40.2 Å². The molecule has 7 nitrogen and oxygen atoms in total. The average molecular weight is 277 g/mol. The van der Waals surface area contributed by atoms with Crippen molar-refractivity contribution in [2.75, 3.05) is 11.9 Å². The largest absolute Gasteiger partial charge is 0.352 e. The molecule has 3 rings (SSSR count). The van der Waals surface area contributed by atoms with E-state index in [-0.39, 0.29) is 24.4 Å². The van der Waals surface area contributed by atoms with Gasteiger partial charge in [-0.2, -0.15) is 5.10 Å². The summed E-state index contributed by atoms with van der Waals surface area (Å²) >= 11 is 0. The van der Waals surface area contributed by atoms with Crippen LogP contribution in [0.5, 0.6) is 0 Å². The van der Waals surface area contributed by atoms with Gasteiger partial charge in [0.25, 0.3) is 0 Å². The number of carbonyl (C=O) groups is 2. The Balaban J connectivity index is 1.50. The van der Waals surface area contributed by atoms with Gasteiger partial charge in [0.1, 0.15) is 6.54 Å². The molecule has 7 heteroatoms. The van der Waals surface area contributed by atoms with Crippen molar-refractivity contribution in [3.8, 4) is 0 Å². The maximum absolute atomic E-state index is 11.9. The average Bonchev–Trinajstić information content (AvgIpc) is 2.93. The van der Waals surface area contributed by atoms with Crippen molar-refractivity contribution in [2.45, 2.75) is 44.3 Å². The summed E-state index contributed by atoms with van der Waals surface area (Å²) in [5, 5.41) is 12.9. The minimum Gasteiger partial charge on any atom is -0.352 e. The number of nitrogens with one attached hydrogen (secondary N) is 3. The lowest BCUT2D eigenvalue weighted by Crippen LogP contribution is -2.35. The van der Waals surface area contributed by atoms with E-state index in [4.69, 9.17) is 0 Å². The van der Waals surface area contributed by atoms with E-state index < -0.39 is 0 Å². The van der Waals surface area contributed by atoms with Crippen molar-refractivity contribution in [2.24, 2.45) is 0 Å². The second-order valence-electron chi connectivity index (χ2n) is 5.41. The first-order valence-electron chi connectivity index (χ1n) is 7.07. The number of nitrogens with zero attached hydrogens (tertiary/aromatic N) is 2. The minimum atomic E-state index is -0.114. The van der Waals surface area contributed by atoms with Crippen molar-refractivity contribution >= 4 is 17.5 Å². The summed E-state index contributed by atoms with van der Waals surface area (Å²) < 4.78 is 1.54. The van der Waals surface area contributed by atoms with Crippen LogP contribution in [0.15, 0.2) is 12.4 Å². The van der Waals surface area contributed by atoms with Gasteiger partial charge in [-0.25, -0.2) is 0 Å². The summed E-state index contributed by atoms with van der Waals surface area (Å²) in [6.45, 7) is 1.08. The van der Waals surface area contributed by atoms with E-state index in [0.29, 0.717) is 11.7 Å². The van der Waals surface area contributed by atoms with Crippen molar-refractivity contribution in [1.82, 2.24) is 20.4 Å². The molecule has 1 aliphatic heterocycles. The number of anilines is 1. The lowest BCUT2D eigenvalue weighted by Gasteiger charge is -2.09. The highest BCUT2D eigenvalue weighted by molar-refractivity contribution is 5.94. The van der Waals surface area contributed by atoms with Crippen LogP contribution < -0.4 is 16.0 Å². The molecule has 1 saturated carbocycles. The smallest absolute Gasteiger partial charge is 0.241 e. The summed E-state index contributed by atoms with van der Waals surface area (Å²) in [5.41, 5.74) is 0.628. The number of rotatable bonds is 5. The molecule has 1 atom stereocenters. The summed E-state index contributed by atoms with van der Waals surface area (Å²) in [7, 11) is 0. The lowest BCUT2D eigenvalue weighted by molar-refractivity contribution is -0.122. The SMILES string of the molecule is O=C(Cn1cc(NC(=O)[C@@H]2CCCN2)cn1)NC1CC1. The third-order valence-corrected chi connectivity index (χ3v) is 3.53. The Labute approximate surface area is 117 Å². The Morgan fingerprint density at radius 1 is 1.40 bits per heavy atom. The molecule has 0 unspecified atom stereocenters. The fourth-order valence-electron chi connectivity index (χ4n) is 2.30. The Morgan fingerprint density at radius 2 is 2.25 bits per heavy atom. The molecular formula is C13H19N5O2. The first kappa shape index (κ1) is 13.1. The molecule has 2 heterocycles. The van der Waals surface area contributed by atoms with Gasteiger partial charge in [0.05, 0.1) is 17.9 Å². The zero-order chi connectivity index (χ0) is 13.9. The first-order valence-corrected chi connectivity index (χ1v) is 7.07. The summed E-state index contributed by atoms with van der Waals surface area (Å²) in [6.07, 6.45) is 7.28. The number of hydrogen-bond donors (Lipinski definition) is 3. The molecule has 108 valence electrons. The molecule has 2 aliphatic rings. The number of hydrogen-bond acceptors (Lipinski definition) is 4. The minimum absolute atomic E-state index is 0.0362. The Bertz CT molecular complexity index is 503. The van der Waals surface area contributed by atoms with Crippen molar-refractivity contribution < 1.29 is 9.59 Å². The van der Waals surface area contributed by atoms with E-state index in [1.54, 1.807) is 12.4 Å². The Hall–Kier alpha value is -1.89. The summed E-state index contributed by atoms with van der Waals surface area (Å²) in [5.74, 6) is -0.0737. The highest BCUT2D eigenvalue weighted by Gasteiger charge is 2.24. The van der Waals surface area contributed by atoms with Crippen LogP contribution in [0, 0.1) is 0 Å². The fourth-order valence-corrected chi connectivity index (χ4v) is 2.30. The third kappa shape index (κ3) is 3.36. The van der Waals surface area contributed by atoms with E-state index >= 15 is 0 Å². The molecule has 0 bridgehead atoms. The van der Waals surface area contributed by atoms with Gasteiger partial charge in [0.2, 0.25) is 11.8 Å². The maximum Gasteiger partial charge on any atom is 0.241 e. The van der Waals surface area contributed by atoms with E-state index in [0.717, 1.165) is 32.2 Å². The van der Waals surface area contributed by atoms with Gasteiger partial charge < -0.3 is 16.0 Å². The molecule has 0 aromatic carbocycles. The molecule has 0 spiro atoms. The van der Waals surface area contributed by atoms with E-state index in [1.165, 1.54) is 4.68 Å². The molecule has 1 aliphatic carbocycles. The van der Waals surface area contributed by atoms with Crippen LogP contribution in [0.4, 0.5) is 5.69 Å². The Kier molecular flexibility index (Phi) is 3.68. The second-order valence-corrected chi connectivity index (χ2v) is 5.41. The van der Waals surface area contributed by atoms with Crippen molar-refractivity contribution in [3.63, 3.8) is 0 Å². The second kappa shape index (κ2) is 5.62. The molecular weight excluding hydrogens is 258 g/mol. The van der Waals surface area contributed by atoms with Gasteiger partial charge in [-0.3, -0.25) is 14.3 Å². The monoisotopic (exact) mass is 277 g/mol. The molecule has 1 aromatic rings. The standard InChI is InChI=1S/C13H19N5O2/c19-12(16-9-3-4-9)8-18-7-10(6-15-18)17-13(20)11-2-1-5-14-11/h6-7,9,11,14H,1-5,8H2,(H,16,19)(H,17,20)/t11-/m0/s1. The number of carbonyl (C=O) groups excluding carboxylic acids is 2. The van der Waals surface area contributed by atoms with Gasteiger partial charge in [-0.15, -0.1) is 0 Å². The lowest BCUT2D eigenvalue weighted by atomic mass is 10.2. The van der Waals surface area contributed by atoms with E-state index in [1.807, 2.05) is 0 Å². The van der Waals surface area contributed by atoms with Gasteiger partial charge >= 0.3 is 0 Å². The fraction of sp³-hybridized carbons (Fsp3) is 0.615. The molecule has 3 N–H and O–H groups in total. The van der Waals surface area contributed by atoms with Crippen LogP contribution in [0.1, 0.15) is 25.7 Å². The van der Waals surface area contributed by atoms with Gasteiger partial charge in [0.15, 0.2) is 0 Å². The molecule has 2 amide bonds. The summed E-state index contributed by atoms with van der Waals surface area (Å²) in [4.78, 5) is 23.5. The first-order chi connectivity index (χ1) is 9.70. The predicted molar refractivity (Wildman–Crippen MR) is 73.0 cm³/mol. The zero-order valence-electron chi connectivity index (χ0n) is 11.3. The number of amides is 2. The maximum atomic E-state index is 11.9. The van der Waals surface area contributed by atoms with Gasteiger partial charge in [0, 0.05) is 12.2 Å². The van der Waals surface area contributed by atoms with Crippen LogP contribution in [0.25, 0.3) is 0 Å². The summed E-state index contributed by atoms with van der Waals surface area (Å²) in [6, 6.07) is 0.238. The van der Waals surface area contributed by atoms with Crippen LogP contribution in [0.2, 0.25) is 0 Å². The quantitative estimate of drug-likeness (QED) is 0.698. The van der Waals surface area contributed by atoms with Crippen LogP contribution in [0.3, 0.4) is 0 Å². The molecule has 2 fully saturated rings. The molecule has 1 aromatic heterocycles.